The number of aromatic nitrogens is 1. The number of ether oxygens (including phenoxy) is 2. The average molecular weight is 502 g/mol. The highest BCUT2D eigenvalue weighted by Crippen LogP contribution is 2.20. The average Bonchev–Trinajstić information content (AvgIpc) is 2.70. The van der Waals surface area contributed by atoms with Crippen molar-refractivity contribution >= 4 is 23.6 Å². The van der Waals surface area contributed by atoms with E-state index in [1.165, 1.54) is 12.1 Å². The number of carbonyl (C=O) groups excluding carboxylic acids is 2. The fourth-order valence-corrected chi connectivity index (χ4v) is 3.06. The molecule has 2 aromatic rings. The second-order valence-electron chi connectivity index (χ2n) is 8.59. The van der Waals surface area contributed by atoms with Crippen LogP contribution in [0.1, 0.15) is 45.0 Å². The normalized spacial score (nSPS) is 13.5. The summed E-state index contributed by atoms with van der Waals surface area (Å²) in [6.07, 6.45) is -3.92. The van der Waals surface area contributed by atoms with Gasteiger partial charge in [0, 0.05) is 11.4 Å². The minimum Gasteiger partial charge on any atom is -0.483 e. The molecule has 0 radical (unpaired) electrons. The van der Waals surface area contributed by atoms with Gasteiger partial charge in [-0.2, -0.15) is 13.2 Å². The van der Waals surface area contributed by atoms with Gasteiger partial charge in [0.25, 0.3) is 0 Å². The van der Waals surface area contributed by atoms with Crippen molar-refractivity contribution in [2.45, 2.75) is 58.0 Å². The molecule has 0 unspecified atom stereocenters. The number of benzene rings is 1. The largest absolute Gasteiger partial charge is 0.483 e. The Kier molecular flexibility index (Phi) is 9.14. The summed E-state index contributed by atoms with van der Waals surface area (Å²) in [5.74, 6) is -0.553. The highest BCUT2D eigenvalue weighted by atomic mass is 35.5. The van der Waals surface area contributed by atoms with Crippen molar-refractivity contribution in [3.8, 4) is 5.75 Å². The summed E-state index contributed by atoms with van der Waals surface area (Å²) in [6.45, 7) is 5.33. The van der Waals surface area contributed by atoms with Gasteiger partial charge in [-0.05, 0) is 57.5 Å². The van der Waals surface area contributed by atoms with Crippen molar-refractivity contribution in [1.82, 2.24) is 15.6 Å². The number of hydrogen-bond acceptors (Lipinski definition) is 5. The van der Waals surface area contributed by atoms with Gasteiger partial charge in [-0.1, -0.05) is 23.7 Å². The molecule has 0 fully saturated rings. The van der Waals surface area contributed by atoms with E-state index in [-0.39, 0.29) is 12.2 Å². The van der Waals surface area contributed by atoms with E-state index in [0.717, 1.165) is 11.8 Å². The summed E-state index contributed by atoms with van der Waals surface area (Å²) < 4.78 is 46.8. The number of alkyl carbamates (subject to hydrolysis) is 1. The van der Waals surface area contributed by atoms with E-state index in [2.05, 4.69) is 20.4 Å². The smallest absolute Gasteiger partial charge is 0.422 e. The topological polar surface area (TPSA) is 89.6 Å². The Morgan fingerprint density at radius 3 is 2.38 bits per heavy atom. The van der Waals surface area contributed by atoms with Crippen LogP contribution < -0.4 is 15.4 Å². The van der Waals surface area contributed by atoms with Gasteiger partial charge in [-0.3, -0.25) is 9.78 Å². The van der Waals surface area contributed by atoms with Crippen LogP contribution in [0.4, 0.5) is 18.0 Å². The molecule has 1 aromatic carbocycles. The predicted octanol–water partition coefficient (Wildman–Crippen LogP) is 4.99. The molecule has 0 saturated carbocycles. The van der Waals surface area contributed by atoms with E-state index in [0.29, 0.717) is 10.7 Å². The molecular formula is C23H27ClF3N3O4. The van der Waals surface area contributed by atoms with Gasteiger partial charge in [-0.25, -0.2) is 4.79 Å². The van der Waals surface area contributed by atoms with E-state index in [4.69, 9.17) is 16.3 Å². The lowest BCUT2D eigenvalue weighted by molar-refractivity contribution is -0.153. The summed E-state index contributed by atoms with van der Waals surface area (Å²) in [6, 6.07) is 8.07. The molecule has 0 aliphatic heterocycles. The number of halogens is 4. The maximum atomic E-state index is 13.0. The van der Waals surface area contributed by atoms with Gasteiger partial charge in [0.05, 0.1) is 17.9 Å². The van der Waals surface area contributed by atoms with E-state index in [9.17, 15) is 22.8 Å². The van der Waals surface area contributed by atoms with Crippen LogP contribution in [-0.4, -0.2) is 41.4 Å². The summed E-state index contributed by atoms with van der Waals surface area (Å²) in [7, 11) is 0. The molecule has 11 heteroatoms. The van der Waals surface area contributed by atoms with Gasteiger partial charge in [-0.15, -0.1) is 0 Å². The zero-order chi connectivity index (χ0) is 25.5. The van der Waals surface area contributed by atoms with Crippen molar-refractivity contribution in [3.63, 3.8) is 0 Å². The van der Waals surface area contributed by atoms with Gasteiger partial charge in [0.2, 0.25) is 5.91 Å². The van der Waals surface area contributed by atoms with Crippen LogP contribution in [0.5, 0.6) is 5.75 Å². The minimum absolute atomic E-state index is 0.0509. The highest BCUT2D eigenvalue weighted by Gasteiger charge is 2.29. The number of pyridine rings is 1. The van der Waals surface area contributed by atoms with Gasteiger partial charge in [0.15, 0.2) is 6.61 Å². The number of nitrogens with zero attached hydrogens (tertiary/aromatic N) is 1. The Morgan fingerprint density at radius 2 is 1.82 bits per heavy atom. The fraction of sp³-hybridized carbons (Fsp3) is 0.435. The van der Waals surface area contributed by atoms with Crippen LogP contribution in [0.25, 0.3) is 0 Å². The Morgan fingerprint density at radius 1 is 1.12 bits per heavy atom. The van der Waals surface area contributed by atoms with E-state index in [1.54, 1.807) is 52.0 Å². The van der Waals surface area contributed by atoms with Crippen molar-refractivity contribution in [2.24, 2.45) is 0 Å². The second kappa shape index (κ2) is 11.4. The van der Waals surface area contributed by atoms with Gasteiger partial charge in [0.1, 0.15) is 17.4 Å². The molecule has 2 N–H and O–H groups in total. The maximum absolute atomic E-state index is 13.0. The fourth-order valence-electron chi connectivity index (χ4n) is 2.85. The van der Waals surface area contributed by atoms with Crippen LogP contribution in [0.2, 0.25) is 5.02 Å². The third kappa shape index (κ3) is 9.86. The molecular weight excluding hydrogens is 475 g/mol. The molecule has 2 rings (SSSR count). The molecule has 1 heterocycles. The van der Waals surface area contributed by atoms with E-state index in [1.807, 2.05) is 0 Å². The lowest BCUT2D eigenvalue weighted by atomic mass is 10.0. The van der Waals surface area contributed by atoms with Crippen LogP contribution in [-0.2, 0) is 16.0 Å². The molecule has 34 heavy (non-hydrogen) atoms. The lowest BCUT2D eigenvalue weighted by Crippen LogP contribution is -2.49. The molecule has 7 nitrogen and oxygen atoms in total. The summed E-state index contributed by atoms with van der Waals surface area (Å²) >= 11 is 6.03. The number of amides is 2. The molecule has 2 atom stereocenters. The molecule has 0 saturated heterocycles. The van der Waals surface area contributed by atoms with Crippen LogP contribution in [0, 0.1) is 0 Å². The first kappa shape index (κ1) is 27.2. The quantitative estimate of drug-likeness (QED) is 0.532. The van der Waals surface area contributed by atoms with Crippen molar-refractivity contribution in [1.29, 1.82) is 0 Å². The molecule has 0 spiro atoms. The number of hydrogen-bond donors (Lipinski definition) is 2. The number of rotatable bonds is 8. The first-order chi connectivity index (χ1) is 15.7. The summed E-state index contributed by atoms with van der Waals surface area (Å²) in [5, 5.41) is 5.81. The van der Waals surface area contributed by atoms with E-state index >= 15 is 0 Å². The van der Waals surface area contributed by atoms with E-state index < -0.39 is 42.5 Å². The highest BCUT2D eigenvalue weighted by molar-refractivity contribution is 6.30. The molecule has 186 valence electrons. The van der Waals surface area contributed by atoms with Crippen molar-refractivity contribution < 1.29 is 32.2 Å². The number of nitrogens with one attached hydrogen (secondary N) is 2. The van der Waals surface area contributed by atoms with Crippen molar-refractivity contribution in [2.75, 3.05) is 6.61 Å². The minimum atomic E-state index is -4.46. The van der Waals surface area contributed by atoms with Crippen LogP contribution in [0.15, 0.2) is 42.6 Å². The summed E-state index contributed by atoms with van der Waals surface area (Å²) in [4.78, 5) is 29.4. The number of carbonyl (C=O) groups is 2. The standard InChI is InChI=1S/C23H27ClF3N3O4/c1-14(18-9-8-17(12-28-18)33-13-23(25,26)27)29-20(31)19(30-21(32)34-22(2,3)4)11-15-6-5-7-16(24)10-15/h5-10,12,14,19H,11,13H2,1-4H3,(H,29,31)(H,30,32)/t14-,19-/m1/s1. The first-order valence-corrected chi connectivity index (χ1v) is 10.8. The second-order valence-corrected chi connectivity index (χ2v) is 9.02. The van der Waals surface area contributed by atoms with Gasteiger partial charge >= 0.3 is 12.3 Å². The van der Waals surface area contributed by atoms with Crippen LogP contribution >= 0.6 is 11.6 Å². The zero-order valence-corrected chi connectivity index (χ0v) is 20.0. The maximum Gasteiger partial charge on any atom is 0.422 e. The lowest BCUT2D eigenvalue weighted by Gasteiger charge is -2.24. The Balaban J connectivity index is 2.09. The molecule has 2 amide bonds. The molecule has 1 aromatic heterocycles. The van der Waals surface area contributed by atoms with Crippen molar-refractivity contribution in [3.05, 3.63) is 58.9 Å². The monoisotopic (exact) mass is 501 g/mol. The predicted molar refractivity (Wildman–Crippen MR) is 121 cm³/mol. The Labute approximate surface area is 201 Å². The van der Waals surface area contributed by atoms with Gasteiger partial charge < -0.3 is 20.1 Å². The third-order valence-corrected chi connectivity index (χ3v) is 4.54. The first-order valence-electron chi connectivity index (χ1n) is 10.4. The zero-order valence-electron chi connectivity index (χ0n) is 19.2. The third-order valence-electron chi connectivity index (χ3n) is 4.30. The summed E-state index contributed by atoms with van der Waals surface area (Å²) in [5.41, 5.74) is 0.362. The Bertz CT molecular complexity index is 979. The molecule has 0 aliphatic carbocycles. The Hall–Kier alpha value is -3.01. The number of alkyl halides is 3. The molecule has 0 aliphatic rings. The van der Waals surface area contributed by atoms with Crippen LogP contribution in [0.3, 0.4) is 0 Å². The SMILES string of the molecule is C[C@@H](NC(=O)[C@@H](Cc1cccc(Cl)c1)NC(=O)OC(C)(C)C)c1ccc(OCC(F)(F)F)cn1. The molecule has 0 bridgehead atoms.